The first-order valence-corrected chi connectivity index (χ1v) is 7.15. The van der Waals surface area contributed by atoms with Crippen molar-refractivity contribution in [1.82, 2.24) is 24.5 Å². The van der Waals surface area contributed by atoms with Crippen molar-refractivity contribution in [2.45, 2.75) is 25.4 Å². The van der Waals surface area contributed by atoms with Gasteiger partial charge in [-0.05, 0) is 19.1 Å². The summed E-state index contributed by atoms with van der Waals surface area (Å²) in [5.41, 5.74) is 1.92. The molecule has 1 aromatic carbocycles. The Morgan fingerprint density at radius 2 is 2.19 bits per heavy atom. The minimum atomic E-state index is -0.167. The summed E-state index contributed by atoms with van der Waals surface area (Å²) in [6, 6.07) is 5.86. The highest BCUT2D eigenvalue weighted by atomic mass is 35.5. The van der Waals surface area contributed by atoms with Crippen LogP contribution < -0.4 is 4.74 Å². The molecule has 110 valence electrons. The molecular weight excluding hydrogens is 290 g/mol. The van der Waals surface area contributed by atoms with Crippen molar-refractivity contribution in [2.75, 3.05) is 7.11 Å². The summed E-state index contributed by atoms with van der Waals surface area (Å²) in [7, 11) is 1.65. The van der Waals surface area contributed by atoms with Gasteiger partial charge in [-0.2, -0.15) is 0 Å². The summed E-state index contributed by atoms with van der Waals surface area (Å²) < 4.78 is 9.16. The number of fused-ring (bicyclic) bond motifs is 1. The SMILES string of the molecule is COc1ccc2c(c1)nc(C(C)Cl)n2CCn1ccnn1. The molecule has 6 nitrogen and oxygen atoms in total. The summed E-state index contributed by atoms with van der Waals surface area (Å²) in [6.07, 6.45) is 3.51. The second kappa shape index (κ2) is 5.73. The average molecular weight is 306 g/mol. The van der Waals surface area contributed by atoms with Crippen LogP contribution in [0.25, 0.3) is 11.0 Å². The van der Waals surface area contributed by atoms with E-state index < -0.39 is 0 Å². The van der Waals surface area contributed by atoms with Gasteiger partial charge in [0.15, 0.2) is 0 Å². The molecule has 0 aliphatic heterocycles. The molecule has 0 fully saturated rings. The molecule has 2 aromatic heterocycles. The van der Waals surface area contributed by atoms with Crippen LogP contribution in [0.5, 0.6) is 5.75 Å². The van der Waals surface area contributed by atoms with E-state index in [1.54, 1.807) is 18.0 Å². The Morgan fingerprint density at radius 1 is 1.33 bits per heavy atom. The van der Waals surface area contributed by atoms with Crippen LogP contribution in [0, 0.1) is 0 Å². The van der Waals surface area contributed by atoms with Gasteiger partial charge in [-0.1, -0.05) is 5.21 Å². The molecule has 0 N–H and O–H groups in total. The molecule has 3 rings (SSSR count). The Kier molecular flexibility index (Phi) is 3.79. The normalized spacial score (nSPS) is 12.7. The maximum Gasteiger partial charge on any atom is 0.127 e. The van der Waals surface area contributed by atoms with E-state index in [1.807, 2.05) is 31.3 Å². The van der Waals surface area contributed by atoms with Crippen LogP contribution in [-0.2, 0) is 13.1 Å². The fourth-order valence-electron chi connectivity index (χ4n) is 2.35. The molecule has 0 amide bonds. The monoisotopic (exact) mass is 305 g/mol. The Morgan fingerprint density at radius 3 is 2.86 bits per heavy atom. The van der Waals surface area contributed by atoms with E-state index in [1.165, 1.54) is 0 Å². The minimum absolute atomic E-state index is 0.167. The third-order valence-corrected chi connectivity index (χ3v) is 3.56. The number of imidazole rings is 1. The highest BCUT2D eigenvalue weighted by Crippen LogP contribution is 2.27. The van der Waals surface area contributed by atoms with Crippen LogP contribution in [-0.4, -0.2) is 31.7 Å². The zero-order chi connectivity index (χ0) is 14.8. The van der Waals surface area contributed by atoms with Gasteiger partial charge < -0.3 is 9.30 Å². The number of hydrogen-bond donors (Lipinski definition) is 0. The van der Waals surface area contributed by atoms with Crippen LogP contribution >= 0.6 is 11.6 Å². The highest BCUT2D eigenvalue weighted by Gasteiger charge is 2.15. The van der Waals surface area contributed by atoms with Crippen molar-refractivity contribution in [3.63, 3.8) is 0 Å². The quantitative estimate of drug-likeness (QED) is 0.680. The van der Waals surface area contributed by atoms with E-state index in [4.69, 9.17) is 16.3 Å². The number of hydrogen-bond acceptors (Lipinski definition) is 4. The first kappa shape index (κ1) is 13.9. The Bertz CT molecular complexity index is 735. The lowest BCUT2D eigenvalue weighted by Crippen LogP contribution is -2.11. The minimum Gasteiger partial charge on any atom is -0.497 e. The second-order valence-corrected chi connectivity index (χ2v) is 5.41. The molecule has 1 unspecified atom stereocenters. The van der Waals surface area contributed by atoms with Crippen molar-refractivity contribution in [3.05, 3.63) is 36.4 Å². The zero-order valence-electron chi connectivity index (χ0n) is 11.9. The van der Waals surface area contributed by atoms with Gasteiger partial charge >= 0.3 is 0 Å². The van der Waals surface area contributed by atoms with Gasteiger partial charge in [0.05, 0.1) is 36.3 Å². The van der Waals surface area contributed by atoms with Gasteiger partial charge in [-0.25, -0.2) is 4.98 Å². The van der Waals surface area contributed by atoms with Crippen LogP contribution in [0.15, 0.2) is 30.6 Å². The molecule has 0 spiro atoms. The number of aromatic nitrogens is 5. The molecular formula is C14H16ClN5O. The average Bonchev–Trinajstić information content (AvgIpc) is 3.11. The molecule has 0 saturated heterocycles. The fraction of sp³-hybridized carbons (Fsp3) is 0.357. The first-order valence-electron chi connectivity index (χ1n) is 6.71. The summed E-state index contributed by atoms with van der Waals surface area (Å²) in [5, 5.41) is 7.62. The number of alkyl halides is 1. The van der Waals surface area contributed by atoms with Gasteiger partial charge in [0, 0.05) is 18.8 Å². The first-order chi connectivity index (χ1) is 10.2. The molecule has 0 radical (unpaired) electrons. The Hall–Kier alpha value is -2.08. The smallest absolute Gasteiger partial charge is 0.127 e. The van der Waals surface area contributed by atoms with Crippen LogP contribution in [0.2, 0.25) is 0 Å². The van der Waals surface area contributed by atoms with Crippen molar-refractivity contribution in [1.29, 1.82) is 0 Å². The summed E-state index contributed by atoms with van der Waals surface area (Å²) in [6.45, 7) is 3.37. The van der Waals surface area contributed by atoms with E-state index in [0.717, 1.165) is 29.2 Å². The Labute approximate surface area is 127 Å². The van der Waals surface area contributed by atoms with Crippen LogP contribution in [0.1, 0.15) is 18.1 Å². The lowest BCUT2D eigenvalue weighted by Gasteiger charge is -2.10. The van der Waals surface area contributed by atoms with Crippen molar-refractivity contribution in [2.24, 2.45) is 0 Å². The van der Waals surface area contributed by atoms with Gasteiger partial charge in [0.25, 0.3) is 0 Å². The maximum atomic E-state index is 6.26. The number of aryl methyl sites for hydroxylation is 2. The molecule has 0 aliphatic rings. The van der Waals surface area contributed by atoms with Crippen LogP contribution in [0.4, 0.5) is 0 Å². The summed E-state index contributed by atoms with van der Waals surface area (Å²) >= 11 is 6.26. The van der Waals surface area contributed by atoms with Gasteiger partial charge in [0.2, 0.25) is 0 Å². The third kappa shape index (κ3) is 2.71. The van der Waals surface area contributed by atoms with Crippen LogP contribution in [0.3, 0.4) is 0 Å². The number of ether oxygens (including phenoxy) is 1. The molecule has 0 bridgehead atoms. The molecule has 7 heteroatoms. The Balaban J connectivity index is 1.99. The molecule has 21 heavy (non-hydrogen) atoms. The zero-order valence-corrected chi connectivity index (χ0v) is 12.7. The number of benzene rings is 1. The van der Waals surface area contributed by atoms with E-state index in [2.05, 4.69) is 19.9 Å². The number of rotatable bonds is 5. The molecule has 0 aliphatic carbocycles. The highest BCUT2D eigenvalue weighted by molar-refractivity contribution is 6.20. The molecule has 0 saturated carbocycles. The lowest BCUT2D eigenvalue weighted by atomic mass is 10.3. The molecule has 1 atom stereocenters. The lowest BCUT2D eigenvalue weighted by molar-refractivity contribution is 0.415. The van der Waals surface area contributed by atoms with E-state index in [0.29, 0.717) is 6.54 Å². The van der Waals surface area contributed by atoms with Gasteiger partial charge in [0.1, 0.15) is 11.6 Å². The number of methoxy groups -OCH3 is 1. The standard InChI is InChI=1S/C14H16ClN5O/c1-10(15)14-17-12-9-11(21-2)3-4-13(12)20(14)8-7-19-6-5-16-18-19/h3-6,9-10H,7-8H2,1-2H3. The van der Waals surface area contributed by atoms with Crippen molar-refractivity contribution >= 4 is 22.6 Å². The number of nitrogens with zero attached hydrogens (tertiary/aromatic N) is 5. The third-order valence-electron chi connectivity index (χ3n) is 3.37. The van der Waals surface area contributed by atoms with Gasteiger partial charge in [-0.15, -0.1) is 16.7 Å². The van der Waals surface area contributed by atoms with Gasteiger partial charge in [-0.3, -0.25) is 4.68 Å². The summed E-state index contributed by atoms with van der Waals surface area (Å²) in [4.78, 5) is 4.63. The maximum absolute atomic E-state index is 6.26. The van der Waals surface area contributed by atoms with E-state index in [9.17, 15) is 0 Å². The predicted molar refractivity (Wildman–Crippen MR) is 80.6 cm³/mol. The number of halogens is 1. The molecule has 2 heterocycles. The topological polar surface area (TPSA) is 57.8 Å². The fourth-order valence-corrected chi connectivity index (χ4v) is 2.51. The molecule has 3 aromatic rings. The van der Waals surface area contributed by atoms with Crippen molar-refractivity contribution in [3.8, 4) is 5.75 Å². The largest absolute Gasteiger partial charge is 0.497 e. The predicted octanol–water partition coefficient (Wildman–Crippen LogP) is 2.64. The summed E-state index contributed by atoms with van der Waals surface area (Å²) in [5.74, 6) is 1.64. The van der Waals surface area contributed by atoms with E-state index in [-0.39, 0.29) is 5.38 Å². The van der Waals surface area contributed by atoms with E-state index >= 15 is 0 Å². The second-order valence-electron chi connectivity index (χ2n) is 4.76. The van der Waals surface area contributed by atoms with Crippen molar-refractivity contribution < 1.29 is 4.74 Å².